The van der Waals surface area contributed by atoms with Crippen molar-refractivity contribution < 1.29 is 19.4 Å². The number of rotatable bonds is 7. The molecule has 1 amide bonds. The molecule has 0 bridgehead atoms. The molecule has 2 aromatic carbocycles. The molecule has 0 spiro atoms. The summed E-state index contributed by atoms with van der Waals surface area (Å²) in [4.78, 5) is 31.0. The van der Waals surface area contributed by atoms with Crippen molar-refractivity contribution in [3.8, 4) is 5.75 Å². The zero-order chi connectivity index (χ0) is 24.4. The normalized spacial score (nSPS) is 15.1. The highest BCUT2D eigenvalue weighted by Gasteiger charge is 2.33. The molecule has 7 nitrogen and oxygen atoms in total. The third-order valence-electron chi connectivity index (χ3n) is 6.33. The molecule has 4 aromatic rings. The Bertz CT molecular complexity index is 1400. The number of carboxylic acid groups (broad SMARTS) is 1. The molecular weight excluding hydrogens is 466 g/mol. The SMILES string of the molecule is O=C(O)COc1ccc(Cl)cc1C1c2ccccc2CCN1C(=O)CCn1ccc2ncccc21. The summed E-state index contributed by atoms with van der Waals surface area (Å²) in [6.45, 7) is 0.585. The van der Waals surface area contributed by atoms with Gasteiger partial charge in [-0.05, 0) is 53.9 Å². The van der Waals surface area contributed by atoms with E-state index in [-0.39, 0.29) is 5.91 Å². The number of halogens is 1. The van der Waals surface area contributed by atoms with Crippen LogP contribution in [0.5, 0.6) is 5.75 Å². The smallest absolute Gasteiger partial charge is 0.341 e. The van der Waals surface area contributed by atoms with Gasteiger partial charge in [0.05, 0.1) is 17.1 Å². The molecule has 1 N–H and O–H groups in total. The van der Waals surface area contributed by atoms with E-state index in [1.165, 1.54) is 0 Å². The van der Waals surface area contributed by atoms with Crippen LogP contribution in [0.4, 0.5) is 0 Å². The van der Waals surface area contributed by atoms with E-state index in [4.69, 9.17) is 21.4 Å². The monoisotopic (exact) mass is 489 g/mol. The van der Waals surface area contributed by atoms with E-state index in [2.05, 4.69) is 11.1 Å². The maximum atomic E-state index is 13.6. The number of benzene rings is 2. The molecule has 0 saturated carbocycles. The van der Waals surface area contributed by atoms with Crippen LogP contribution in [0.15, 0.2) is 73.1 Å². The van der Waals surface area contributed by atoms with Crippen molar-refractivity contribution in [2.24, 2.45) is 0 Å². The highest BCUT2D eigenvalue weighted by atomic mass is 35.5. The first-order valence-electron chi connectivity index (χ1n) is 11.4. The number of hydrogen-bond donors (Lipinski definition) is 1. The van der Waals surface area contributed by atoms with Crippen LogP contribution < -0.4 is 4.74 Å². The first kappa shape index (κ1) is 22.9. The Hall–Kier alpha value is -3.84. The number of aryl methyl sites for hydroxylation is 1. The summed E-state index contributed by atoms with van der Waals surface area (Å²) in [7, 11) is 0. The molecule has 178 valence electrons. The van der Waals surface area contributed by atoms with Gasteiger partial charge in [0.15, 0.2) is 6.61 Å². The molecule has 3 heterocycles. The standard InChI is InChI=1S/C27H24ClN3O4/c28-19-7-8-24(35-17-26(33)34)21(16-19)27-20-5-2-1-4-18(20)9-15-31(27)25(32)11-14-30-13-10-22-23(30)6-3-12-29-22/h1-8,10,12-13,16,27H,9,11,14-15,17H2,(H,33,34). The number of aromatic nitrogens is 2. The number of pyridine rings is 1. The number of carboxylic acids is 1. The number of ether oxygens (including phenoxy) is 1. The lowest BCUT2D eigenvalue weighted by atomic mass is 9.87. The molecule has 8 heteroatoms. The summed E-state index contributed by atoms with van der Waals surface area (Å²) < 4.78 is 7.65. The van der Waals surface area contributed by atoms with Crippen LogP contribution in [0.3, 0.4) is 0 Å². The van der Waals surface area contributed by atoms with E-state index in [1.54, 1.807) is 24.4 Å². The molecule has 35 heavy (non-hydrogen) atoms. The first-order valence-corrected chi connectivity index (χ1v) is 11.8. The van der Waals surface area contributed by atoms with Gasteiger partial charge in [-0.2, -0.15) is 0 Å². The first-order chi connectivity index (χ1) is 17.0. The van der Waals surface area contributed by atoms with Gasteiger partial charge in [-0.15, -0.1) is 0 Å². The second kappa shape index (κ2) is 9.80. The Labute approximate surface area is 207 Å². The predicted molar refractivity (Wildman–Crippen MR) is 133 cm³/mol. The maximum Gasteiger partial charge on any atom is 0.341 e. The van der Waals surface area contributed by atoms with Crippen LogP contribution in [0.1, 0.15) is 29.2 Å². The molecule has 0 radical (unpaired) electrons. The number of aliphatic carboxylic acids is 1. The van der Waals surface area contributed by atoms with E-state index in [1.807, 2.05) is 52.1 Å². The molecule has 0 fully saturated rings. The Balaban J connectivity index is 1.48. The zero-order valence-corrected chi connectivity index (χ0v) is 19.7. The van der Waals surface area contributed by atoms with E-state index in [0.29, 0.717) is 35.8 Å². The predicted octanol–water partition coefficient (Wildman–Crippen LogP) is 4.72. The van der Waals surface area contributed by atoms with Crippen LogP contribution in [0.2, 0.25) is 5.02 Å². The fourth-order valence-electron chi connectivity index (χ4n) is 4.75. The third kappa shape index (κ3) is 4.72. The number of hydrogen-bond acceptors (Lipinski definition) is 4. The van der Waals surface area contributed by atoms with Gasteiger partial charge in [-0.1, -0.05) is 35.9 Å². The minimum Gasteiger partial charge on any atom is -0.482 e. The van der Waals surface area contributed by atoms with Gasteiger partial charge in [0.2, 0.25) is 5.91 Å². The van der Waals surface area contributed by atoms with Crippen molar-refractivity contribution in [1.82, 2.24) is 14.5 Å². The highest BCUT2D eigenvalue weighted by molar-refractivity contribution is 6.30. The second-order valence-electron chi connectivity index (χ2n) is 8.47. The van der Waals surface area contributed by atoms with Crippen LogP contribution in [-0.2, 0) is 22.6 Å². The van der Waals surface area contributed by atoms with Crippen molar-refractivity contribution in [3.05, 3.63) is 94.8 Å². The highest BCUT2D eigenvalue weighted by Crippen LogP contribution is 2.40. The van der Waals surface area contributed by atoms with Gasteiger partial charge in [-0.3, -0.25) is 9.78 Å². The molecule has 0 aliphatic carbocycles. The number of amides is 1. The Morgan fingerprint density at radius 2 is 1.94 bits per heavy atom. The zero-order valence-electron chi connectivity index (χ0n) is 18.9. The van der Waals surface area contributed by atoms with Crippen molar-refractivity contribution >= 4 is 34.5 Å². The summed E-state index contributed by atoms with van der Waals surface area (Å²) in [6.07, 6.45) is 4.75. The lowest BCUT2D eigenvalue weighted by Gasteiger charge is -2.38. The molecule has 5 rings (SSSR count). The largest absolute Gasteiger partial charge is 0.482 e. The average Bonchev–Trinajstić information content (AvgIpc) is 3.29. The van der Waals surface area contributed by atoms with E-state index < -0.39 is 18.6 Å². The summed E-state index contributed by atoms with van der Waals surface area (Å²) in [5.74, 6) is -0.672. The van der Waals surface area contributed by atoms with Gasteiger partial charge < -0.3 is 19.3 Å². The molecule has 2 aromatic heterocycles. The molecule has 1 aliphatic rings. The third-order valence-corrected chi connectivity index (χ3v) is 6.56. The van der Waals surface area contributed by atoms with Gasteiger partial charge >= 0.3 is 5.97 Å². The van der Waals surface area contributed by atoms with Crippen LogP contribution in [0.25, 0.3) is 11.0 Å². The fraction of sp³-hybridized carbons (Fsp3) is 0.222. The van der Waals surface area contributed by atoms with Crippen molar-refractivity contribution in [2.75, 3.05) is 13.2 Å². The van der Waals surface area contributed by atoms with Crippen molar-refractivity contribution in [2.45, 2.75) is 25.4 Å². The second-order valence-corrected chi connectivity index (χ2v) is 8.91. The summed E-state index contributed by atoms with van der Waals surface area (Å²) in [5.41, 5.74) is 4.69. The van der Waals surface area contributed by atoms with Gasteiger partial charge in [-0.25, -0.2) is 4.79 Å². The topological polar surface area (TPSA) is 84.7 Å². The maximum absolute atomic E-state index is 13.6. The van der Waals surface area contributed by atoms with E-state index in [0.717, 1.165) is 28.6 Å². The van der Waals surface area contributed by atoms with Gasteiger partial charge in [0.25, 0.3) is 0 Å². The summed E-state index contributed by atoms with van der Waals surface area (Å²) in [6, 6.07) is 18.5. The molecule has 1 unspecified atom stereocenters. The number of nitrogens with zero attached hydrogens (tertiary/aromatic N) is 3. The average molecular weight is 490 g/mol. The minimum absolute atomic E-state index is 0.000552. The van der Waals surface area contributed by atoms with Crippen LogP contribution >= 0.6 is 11.6 Å². The quantitative estimate of drug-likeness (QED) is 0.406. The molecule has 0 saturated heterocycles. The number of carbonyl (C=O) groups is 2. The molecule has 1 aliphatic heterocycles. The van der Waals surface area contributed by atoms with E-state index in [9.17, 15) is 9.59 Å². The van der Waals surface area contributed by atoms with Crippen molar-refractivity contribution in [3.63, 3.8) is 0 Å². The lowest BCUT2D eigenvalue weighted by molar-refractivity contribution is -0.139. The molecular formula is C27H24ClN3O4. The number of carbonyl (C=O) groups excluding carboxylic acids is 1. The minimum atomic E-state index is -1.07. The number of fused-ring (bicyclic) bond motifs is 2. The van der Waals surface area contributed by atoms with Crippen molar-refractivity contribution in [1.29, 1.82) is 0 Å². The van der Waals surface area contributed by atoms with Crippen LogP contribution in [0, 0.1) is 0 Å². The Morgan fingerprint density at radius 1 is 1.09 bits per heavy atom. The van der Waals surface area contributed by atoms with E-state index >= 15 is 0 Å². The lowest BCUT2D eigenvalue weighted by Crippen LogP contribution is -2.41. The van der Waals surface area contributed by atoms with Crippen LogP contribution in [-0.4, -0.2) is 44.6 Å². The Morgan fingerprint density at radius 3 is 2.80 bits per heavy atom. The summed E-state index contributed by atoms with van der Waals surface area (Å²) in [5, 5.41) is 9.63. The molecule has 1 atom stereocenters. The fourth-order valence-corrected chi connectivity index (χ4v) is 4.93. The van der Waals surface area contributed by atoms with Gasteiger partial charge in [0.1, 0.15) is 5.75 Å². The summed E-state index contributed by atoms with van der Waals surface area (Å²) >= 11 is 6.35. The Kier molecular flexibility index (Phi) is 6.42. The van der Waals surface area contributed by atoms with Gasteiger partial charge in [0, 0.05) is 42.5 Å².